The third-order valence-corrected chi connectivity index (χ3v) is 7.84. The fourth-order valence-electron chi connectivity index (χ4n) is 4.20. The quantitative estimate of drug-likeness (QED) is 0.543. The third-order valence-electron chi connectivity index (χ3n) is 6.46. The van der Waals surface area contributed by atoms with E-state index in [0.717, 1.165) is 36.2 Å². The lowest BCUT2D eigenvalue weighted by Crippen LogP contribution is -2.35. The van der Waals surface area contributed by atoms with Crippen LogP contribution >= 0.6 is 0 Å². The van der Waals surface area contributed by atoms with Crippen LogP contribution in [0.1, 0.15) is 33.5 Å². The van der Waals surface area contributed by atoms with Crippen LogP contribution in [-0.2, 0) is 16.6 Å². The minimum absolute atomic E-state index is 0.108. The lowest BCUT2D eigenvalue weighted by molar-refractivity contribution is 0.0761. The van der Waals surface area contributed by atoms with Crippen molar-refractivity contribution < 1.29 is 17.6 Å². The monoisotopic (exact) mass is 495 g/mol. The van der Waals surface area contributed by atoms with E-state index in [1.54, 1.807) is 30.3 Å². The molecule has 3 aromatic carbocycles. The molecular formula is C27H30FN3O3S. The normalized spacial score (nSPS) is 15.0. The number of benzene rings is 3. The molecule has 0 aliphatic carbocycles. The molecule has 35 heavy (non-hydrogen) atoms. The van der Waals surface area contributed by atoms with Crippen LogP contribution in [0.4, 0.5) is 10.1 Å². The second kappa shape index (κ2) is 10.6. The summed E-state index contributed by atoms with van der Waals surface area (Å²) in [5.74, 6) is -0.360. The van der Waals surface area contributed by atoms with Crippen molar-refractivity contribution in [3.05, 3.63) is 94.8 Å². The van der Waals surface area contributed by atoms with Gasteiger partial charge in [0.1, 0.15) is 5.82 Å². The number of aryl methyl sites for hydroxylation is 1. The highest BCUT2D eigenvalue weighted by Gasteiger charge is 2.22. The summed E-state index contributed by atoms with van der Waals surface area (Å²) in [6.45, 7) is 7.29. The minimum Gasteiger partial charge on any atom is -0.337 e. The van der Waals surface area contributed by atoms with Crippen molar-refractivity contribution in [2.75, 3.05) is 30.9 Å². The van der Waals surface area contributed by atoms with Gasteiger partial charge in [-0.3, -0.25) is 14.4 Å². The van der Waals surface area contributed by atoms with Crippen LogP contribution in [0, 0.1) is 19.7 Å². The molecule has 1 saturated heterocycles. The van der Waals surface area contributed by atoms with E-state index in [9.17, 15) is 17.6 Å². The number of rotatable bonds is 6. The molecule has 0 aromatic heterocycles. The number of hydrogen-bond donors (Lipinski definition) is 1. The van der Waals surface area contributed by atoms with E-state index in [1.807, 2.05) is 30.9 Å². The highest BCUT2D eigenvalue weighted by molar-refractivity contribution is 7.92. The lowest BCUT2D eigenvalue weighted by atomic mass is 10.1. The summed E-state index contributed by atoms with van der Waals surface area (Å²) in [4.78, 5) is 17.3. The Bertz CT molecular complexity index is 1290. The van der Waals surface area contributed by atoms with Gasteiger partial charge in [-0.15, -0.1) is 0 Å². The zero-order valence-electron chi connectivity index (χ0n) is 20.0. The molecule has 6 nitrogen and oxygen atoms in total. The van der Waals surface area contributed by atoms with Crippen molar-refractivity contribution in [1.82, 2.24) is 9.80 Å². The van der Waals surface area contributed by atoms with Gasteiger partial charge in [0.05, 0.1) is 10.6 Å². The van der Waals surface area contributed by atoms with Crippen molar-refractivity contribution in [2.24, 2.45) is 0 Å². The number of carbonyl (C=O) groups excluding carboxylic acids is 1. The molecule has 0 spiro atoms. The van der Waals surface area contributed by atoms with E-state index in [0.29, 0.717) is 30.9 Å². The Labute approximate surface area is 206 Å². The van der Waals surface area contributed by atoms with E-state index in [4.69, 9.17) is 0 Å². The van der Waals surface area contributed by atoms with Gasteiger partial charge in [-0.25, -0.2) is 12.8 Å². The van der Waals surface area contributed by atoms with Crippen molar-refractivity contribution in [1.29, 1.82) is 0 Å². The maximum atomic E-state index is 13.2. The molecule has 4 rings (SSSR count). The van der Waals surface area contributed by atoms with Crippen LogP contribution in [0.25, 0.3) is 0 Å². The first kappa shape index (κ1) is 24.9. The third kappa shape index (κ3) is 6.07. The van der Waals surface area contributed by atoms with Gasteiger partial charge in [-0.1, -0.05) is 24.3 Å². The molecule has 0 radical (unpaired) electrons. The number of halogens is 1. The predicted octanol–water partition coefficient (Wildman–Crippen LogP) is 4.59. The number of anilines is 1. The molecule has 1 N–H and O–H groups in total. The van der Waals surface area contributed by atoms with Crippen LogP contribution in [0.15, 0.2) is 71.6 Å². The molecule has 1 aliphatic rings. The Morgan fingerprint density at radius 1 is 0.914 bits per heavy atom. The maximum Gasteiger partial charge on any atom is 0.261 e. The van der Waals surface area contributed by atoms with E-state index < -0.39 is 10.0 Å². The minimum atomic E-state index is -3.77. The molecule has 1 heterocycles. The number of amides is 1. The first-order valence-corrected chi connectivity index (χ1v) is 13.2. The molecule has 1 fully saturated rings. The molecular weight excluding hydrogens is 465 g/mol. The van der Waals surface area contributed by atoms with Gasteiger partial charge in [0, 0.05) is 38.3 Å². The van der Waals surface area contributed by atoms with E-state index in [1.165, 1.54) is 24.3 Å². The Balaban J connectivity index is 1.39. The maximum absolute atomic E-state index is 13.2. The second-order valence-electron chi connectivity index (χ2n) is 8.93. The van der Waals surface area contributed by atoms with Crippen molar-refractivity contribution >= 4 is 21.6 Å². The highest BCUT2D eigenvalue weighted by Crippen LogP contribution is 2.22. The van der Waals surface area contributed by atoms with Gasteiger partial charge >= 0.3 is 0 Å². The zero-order valence-corrected chi connectivity index (χ0v) is 20.8. The Morgan fingerprint density at radius 2 is 1.63 bits per heavy atom. The standard InChI is InChI=1S/C27H30FN3O3S/c1-20-5-3-6-26(21(20)2)29-35(33,34)25-13-9-23(10-14-25)27(32)31-16-4-15-30(17-18-31)19-22-7-11-24(28)12-8-22/h3,5-14,29H,4,15-19H2,1-2H3. The van der Waals surface area contributed by atoms with Gasteiger partial charge in [0.15, 0.2) is 0 Å². The molecule has 1 amide bonds. The predicted molar refractivity (Wildman–Crippen MR) is 135 cm³/mol. The molecule has 8 heteroatoms. The van der Waals surface area contributed by atoms with E-state index in [-0.39, 0.29) is 16.6 Å². The molecule has 184 valence electrons. The van der Waals surface area contributed by atoms with Gasteiger partial charge in [-0.05, 0) is 79.4 Å². The number of sulfonamides is 1. The van der Waals surface area contributed by atoms with Crippen LogP contribution in [0.5, 0.6) is 0 Å². The van der Waals surface area contributed by atoms with Crippen molar-refractivity contribution in [2.45, 2.75) is 31.7 Å². The van der Waals surface area contributed by atoms with Crippen molar-refractivity contribution in [3.63, 3.8) is 0 Å². The number of nitrogens with zero attached hydrogens (tertiary/aromatic N) is 2. The molecule has 1 aliphatic heterocycles. The van der Waals surface area contributed by atoms with E-state index >= 15 is 0 Å². The summed E-state index contributed by atoms with van der Waals surface area (Å²) in [7, 11) is -3.77. The first-order chi connectivity index (χ1) is 16.7. The molecule has 0 saturated carbocycles. The smallest absolute Gasteiger partial charge is 0.261 e. The van der Waals surface area contributed by atoms with Crippen LogP contribution in [0.2, 0.25) is 0 Å². The number of hydrogen-bond acceptors (Lipinski definition) is 4. The fourth-order valence-corrected chi connectivity index (χ4v) is 5.33. The van der Waals surface area contributed by atoms with Gasteiger partial charge in [0.25, 0.3) is 15.9 Å². The average Bonchev–Trinajstić information content (AvgIpc) is 3.08. The Morgan fingerprint density at radius 3 is 2.34 bits per heavy atom. The van der Waals surface area contributed by atoms with E-state index in [2.05, 4.69) is 9.62 Å². The summed E-state index contributed by atoms with van der Waals surface area (Å²) in [5.41, 5.74) is 3.91. The first-order valence-electron chi connectivity index (χ1n) is 11.7. The van der Waals surface area contributed by atoms with Crippen LogP contribution in [0.3, 0.4) is 0 Å². The summed E-state index contributed by atoms with van der Waals surface area (Å²) in [6, 6.07) is 18.1. The zero-order chi connectivity index (χ0) is 25.0. The highest BCUT2D eigenvalue weighted by atomic mass is 32.2. The van der Waals surface area contributed by atoms with Crippen LogP contribution < -0.4 is 4.72 Å². The van der Waals surface area contributed by atoms with Gasteiger partial charge in [0.2, 0.25) is 0 Å². The average molecular weight is 496 g/mol. The van der Waals surface area contributed by atoms with Gasteiger partial charge in [-0.2, -0.15) is 0 Å². The summed E-state index contributed by atoms with van der Waals surface area (Å²) >= 11 is 0. The number of nitrogens with one attached hydrogen (secondary N) is 1. The SMILES string of the molecule is Cc1cccc(NS(=O)(=O)c2ccc(C(=O)N3CCCN(Cc4ccc(F)cc4)CC3)cc2)c1C. The molecule has 0 atom stereocenters. The number of carbonyl (C=O) groups is 1. The topological polar surface area (TPSA) is 69.7 Å². The summed E-state index contributed by atoms with van der Waals surface area (Å²) < 4.78 is 41.5. The Hall–Kier alpha value is -3.23. The van der Waals surface area contributed by atoms with Crippen molar-refractivity contribution in [3.8, 4) is 0 Å². The largest absolute Gasteiger partial charge is 0.337 e. The lowest BCUT2D eigenvalue weighted by Gasteiger charge is -2.22. The molecule has 0 bridgehead atoms. The second-order valence-corrected chi connectivity index (χ2v) is 10.6. The Kier molecular flexibility index (Phi) is 7.52. The summed E-state index contributed by atoms with van der Waals surface area (Å²) in [5, 5.41) is 0. The van der Waals surface area contributed by atoms with Crippen LogP contribution in [-0.4, -0.2) is 50.3 Å². The molecule has 3 aromatic rings. The van der Waals surface area contributed by atoms with Gasteiger partial charge < -0.3 is 4.90 Å². The fraction of sp³-hybridized carbons (Fsp3) is 0.296. The summed E-state index contributed by atoms with van der Waals surface area (Å²) in [6.07, 6.45) is 0.833. The molecule has 0 unspecified atom stereocenters.